The van der Waals surface area contributed by atoms with Crippen LogP contribution in [0.4, 0.5) is 15.9 Å². The molecule has 0 bridgehead atoms. The molecule has 1 aliphatic heterocycles. The number of piperidine rings is 1. The zero-order chi connectivity index (χ0) is 21.5. The van der Waals surface area contributed by atoms with E-state index in [2.05, 4.69) is 30.5 Å². The van der Waals surface area contributed by atoms with Crippen molar-refractivity contribution >= 4 is 29.2 Å². The molecular formula is C21H20FN7OS. The summed E-state index contributed by atoms with van der Waals surface area (Å²) in [4.78, 5) is 27.6. The van der Waals surface area contributed by atoms with Gasteiger partial charge in [0.1, 0.15) is 6.04 Å². The number of amides is 1. The lowest BCUT2D eigenvalue weighted by molar-refractivity contribution is -0.117. The number of hydrogen-bond acceptors (Lipinski definition) is 8. The van der Waals surface area contributed by atoms with Crippen LogP contribution in [0.25, 0.3) is 11.4 Å². The Hall–Kier alpha value is -3.14. The highest BCUT2D eigenvalue weighted by molar-refractivity contribution is 7.98. The van der Waals surface area contributed by atoms with Crippen LogP contribution in [0.15, 0.2) is 41.9 Å². The van der Waals surface area contributed by atoms with Crippen LogP contribution >= 0.6 is 11.8 Å². The zero-order valence-electron chi connectivity index (χ0n) is 17.0. The van der Waals surface area contributed by atoms with Crippen molar-refractivity contribution < 1.29 is 9.18 Å². The van der Waals surface area contributed by atoms with E-state index < -0.39 is 5.82 Å². The number of rotatable bonds is 5. The van der Waals surface area contributed by atoms with E-state index in [-0.39, 0.29) is 11.9 Å². The molecule has 2 aromatic heterocycles. The normalized spacial score (nSPS) is 21.6. The molecule has 8 nitrogen and oxygen atoms in total. The fourth-order valence-corrected chi connectivity index (χ4v) is 4.39. The first-order valence-electron chi connectivity index (χ1n) is 9.95. The molecule has 1 aromatic carbocycles. The quantitative estimate of drug-likeness (QED) is 0.608. The monoisotopic (exact) mass is 437 g/mol. The molecule has 0 radical (unpaired) electrons. The lowest BCUT2D eigenvalue weighted by Crippen LogP contribution is -2.42. The molecule has 1 aliphatic carbocycles. The maximum absolute atomic E-state index is 13.2. The van der Waals surface area contributed by atoms with E-state index in [1.165, 1.54) is 11.8 Å². The van der Waals surface area contributed by atoms with Gasteiger partial charge in [0.25, 0.3) is 0 Å². The van der Waals surface area contributed by atoms with Gasteiger partial charge in [0.15, 0.2) is 17.5 Å². The molecule has 2 fully saturated rings. The van der Waals surface area contributed by atoms with Crippen molar-refractivity contribution in [2.24, 2.45) is 5.92 Å². The first-order chi connectivity index (χ1) is 15.0. The van der Waals surface area contributed by atoms with E-state index in [0.29, 0.717) is 34.4 Å². The molecule has 10 heteroatoms. The average molecular weight is 438 g/mol. The smallest absolute Gasteiger partial charge is 0.247 e. The number of carbonyl (C=O) groups is 1. The second-order valence-corrected chi connectivity index (χ2v) is 8.54. The maximum atomic E-state index is 13.2. The molecule has 1 N–H and O–H groups in total. The van der Waals surface area contributed by atoms with Crippen LogP contribution in [0.1, 0.15) is 18.4 Å². The minimum Gasteiger partial charge on any atom is -0.339 e. The van der Waals surface area contributed by atoms with Crippen molar-refractivity contribution in [3.8, 4) is 11.4 Å². The Morgan fingerprint density at radius 3 is 2.68 bits per heavy atom. The molecule has 31 heavy (non-hydrogen) atoms. The molecule has 3 heterocycles. The highest BCUT2D eigenvalue weighted by Gasteiger charge is 2.55. The predicted molar refractivity (Wildman–Crippen MR) is 115 cm³/mol. The number of aromatic nitrogens is 5. The summed E-state index contributed by atoms with van der Waals surface area (Å²) < 4.78 is 13.2. The van der Waals surface area contributed by atoms with Gasteiger partial charge in [-0.3, -0.25) is 4.79 Å². The molecule has 0 unspecified atom stereocenters. The number of nitrogens with one attached hydrogen (secondary N) is 1. The number of fused-ring (bicyclic) bond motifs is 1. The minimum atomic E-state index is -0.492. The van der Waals surface area contributed by atoms with Gasteiger partial charge in [-0.2, -0.15) is 0 Å². The third-order valence-electron chi connectivity index (χ3n) is 5.75. The maximum Gasteiger partial charge on any atom is 0.247 e. The number of anilines is 2. The van der Waals surface area contributed by atoms with Gasteiger partial charge in [-0.15, -0.1) is 10.2 Å². The fourth-order valence-electron chi connectivity index (χ4n) is 4.11. The van der Waals surface area contributed by atoms with E-state index in [0.717, 1.165) is 36.4 Å². The second-order valence-electron chi connectivity index (χ2n) is 7.77. The number of benzene rings is 1. The number of nitrogens with zero attached hydrogens (tertiary/aromatic N) is 6. The van der Waals surface area contributed by atoms with Crippen LogP contribution < -0.4 is 10.2 Å². The summed E-state index contributed by atoms with van der Waals surface area (Å²) in [6.07, 6.45) is 7.69. The summed E-state index contributed by atoms with van der Waals surface area (Å²) in [7, 11) is 0. The molecule has 0 spiro atoms. The van der Waals surface area contributed by atoms with Gasteiger partial charge >= 0.3 is 0 Å². The van der Waals surface area contributed by atoms with E-state index in [1.807, 2.05) is 36.3 Å². The summed E-state index contributed by atoms with van der Waals surface area (Å²) in [5, 5.41) is 12.0. The Labute approximate surface area is 182 Å². The van der Waals surface area contributed by atoms with Crippen molar-refractivity contribution in [2.75, 3.05) is 16.5 Å². The first kappa shape index (κ1) is 19.8. The van der Waals surface area contributed by atoms with Crippen LogP contribution in [-0.4, -0.2) is 49.4 Å². The standard InChI is InChI=1S/C21H20FN7OS/c1-11-3-4-14(7-15(11)19-23-8-13(22)9-24-19)26-20(30)17-6-12-5-16(12)29(17)18-10-25-21(31-2)28-27-18/h3-4,7-10,12,16-17H,5-6H2,1-2H3,(H,26,30)/t12-,16-,17+/m1/s1. The van der Waals surface area contributed by atoms with Gasteiger partial charge in [-0.05, 0) is 49.6 Å². The molecule has 2 aliphatic rings. The van der Waals surface area contributed by atoms with E-state index in [4.69, 9.17) is 0 Å². The van der Waals surface area contributed by atoms with Crippen molar-refractivity contribution in [1.82, 2.24) is 25.1 Å². The average Bonchev–Trinajstić information content (AvgIpc) is 3.45. The van der Waals surface area contributed by atoms with Crippen LogP contribution in [0.3, 0.4) is 0 Å². The molecule has 1 saturated heterocycles. The molecule has 158 valence electrons. The van der Waals surface area contributed by atoms with Crippen molar-refractivity contribution in [2.45, 2.75) is 37.0 Å². The van der Waals surface area contributed by atoms with Gasteiger partial charge in [0, 0.05) is 17.3 Å². The highest BCUT2D eigenvalue weighted by Crippen LogP contribution is 2.49. The summed E-state index contributed by atoms with van der Waals surface area (Å²) in [5.74, 6) is 0.951. The molecule has 3 aromatic rings. The van der Waals surface area contributed by atoms with Gasteiger partial charge < -0.3 is 10.2 Å². The number of hydrogen-bond donors (Lipinski definition) is 1. The number of halogens is 1. The second kappa shape index (κ2) is 7.84. The van der Waals surface area contributed by atoms with Crippen molar-refractivity contribution in [1.29, 1.82) is 0 Å². The van der Waals surface area contributed by atoms with E-state index >= 15 is 0 Å². The van der Waals surface area contributed by atoms with E-state index in [9.17, 15) is 9.18 Å². The summed E-state index contributed by atoms with van der Waals surface area (Å²) in [5.41, 5.74) is 2.32. The van der Waals surface area contributed by atoms with Gasteiger partial charge in [0.2, 0.25) is 11.1 Å². The minimum absolute atomic E-state index is 0.0993. The molecule has 5 rings (SSSR count). The lowest BCUT2D eigenvalue weighted by Gasteiger charge is -2.27. The SMILES string of the molecule is CSc1ncc(N2[C@@H]3C[C@@H]3C[C@H]2C(=O)Nc2ccc(C)c(-c3ncc(F)cn3)c2)nn1. The molecule has 3 atom stereocenters. The summed E-state index contributed by atoms with van der Waals surface area (Å²) >= 11 is 1.43. The topological polar surface area (TPSA) is 96.8 Å². The molecule has 1 amide bonds. The predicted octanol–water partition coefficient (Wildman–Crippen LogP) is 3.10. The van der Waals surface area contributed by atoms with Crippen molar-refractivity contribution in [3.05, 3.63) is 48.2 Å². The summed E-state index contributed by atoms with van der Waals surface area (Å²) in [6, 6.07) is 5.53. The van der Waals surface area contributed by atoms with Crippen molar-refractivity contribution in [3.63, 3.8) is 0 Å². The van der Waals surface area contributed by atoms with Gasteiger partial charge in [-0.25, -0.2) is 19.3 Å². The zero-order valence-corrected chi connectivity index (χ0v) is 17.8. The Bertz CT molecular complexity index is 1130. The third-order valence-corrected chi connectivity index (χ3v) is 6.30. The Kier molecular flexibility index (Phi) is 5.01. The highest BCUT2D eigenvalue weighted by atomic mass is 32.2. The Morgan fingerprint density at radius 1 is 1.16 bits per heavy atom. The Morgan fingerprint density at radius 2 is 1.97 bits per heavy atom. The number of carbonyl (C=O) groups excluding carboxylic acids is 1. The lowest BCUT2D eigenvalue weighted by atomic mass is 10.1. The van der Waals surface area contributed by atoms with Crippen LogP contribution in [0.2, 0.25) is 0 Å². The van der Waals surface area contributed by atoms with Crippen LogP contribution in [-0.2, 0) is 4.79 Å². The number of thioether (sulfide) groups is 1. The molecule has 1 saturated carbocycles. The first-order valence-corrected chi connectivity index (χ1v) is 11.2. The third kappa shape index (κ3) is 3.83. The van der Waals surface area contributed by atoms with E-state index in [1.54, 1.807) is 6.20 Å². The summed E-state index contributed by atoms with van der Waals surface area (Å²) in [6.45, 7) is 1.92. The van der Waals surface area contributed by atoms with Crippen LogP contribution in [0.5, 0.6) is 0 Å². The van der Waals surface area contributed by atoms with Gasteiger partial charge in [-0.1, -0.05) is 17.8 Å². The van der Waals surface area contributed by atoms with Gasteiger partial charge in [0.05, 0.1) is 18.6 Å². The van der Waals surface area contributed by atoms with Crippen LogP contribution in [0, 0.1) is 18.7 Å². The largest absolute Gasteiger partial charge is 0.339 e. The number of aryl methyl sites for hydroxylation is 1. The fraction of sp³-hybridized carbons (Fsp3) is 0.333. The Balaban J connectivity index is 1.37. The molecular weight excluding hydrogens is 417 g/mol.